The average molecular weight is 474 g/mol. The molecule has 168 valence electrons. The van der Waals surface area contributed by atoms with Crippen molar-refractivity contribution in [3.05, 3.63) is 64.7 Å². The SMILES string of the molecule is O=C(Nc1ccc(N2CCN(c3cccc(Cl)c3Cl)CC2)cc1)[C@H]1CC=CC[C@H]1C(=O)O. The Labute approximate surface area is 197 Å². The molecule has 1 aliphatic carbocycles. The number of aliphatic carboxylic acids is 1. The quantitative estimate of drug-likeness (QED) is 0.602. The highest BCUT2D eigenvalue weighted by Crippen LogP contribution is 2.33. The van der Waals surface area contributed by atoms with Crippen molar-refractivity contribution in [2.24, 2.45) is 11.8 Å². The highest BCUT2D eigenvalue weighted by atomic mass is 35.5. The van der Waals surface area contributed by atoms with Gasteiger partial charge >= 0.3 is 5.97 Å². The van der Waals surface area contributed by atoms with E-state index in [1.54, 1.807) is 6.07 Å². The zero-order valence-electron chi connectivity index (χ0n) is 17.5. The van der Waals surface area contributed by atoms with E-state index in [-0.39, 0.29) is 5.91 Å². The largest absolute Gasteiger partial charge is 0.481 e. The lowest BCUT2D eigenvalue weighted by atomic mass is 9.82. The third kappa shape index (κ3) is 4.87. The van der Waals surface area contributed by atoms with Crippen molar-refractivity contribution >= 4 is 52.1 Å². The second-order valence-corrected chi connectivity index (χ2v) is 8.86. The summed E-state index contributed by atoms with van der Waals surface area (Å²) in [6, 6.07) is 13.4. The monoisotopic (exact) mass is 473 g/mol. The van der Waals surface area contributed by atoms with Crippen LogP contribution >= 0.6 is 23.2 Å². The number of halogens is 2. The number of nitrogens with one attached hydrogen (secondary N) is 1. The highest BCUT2D eigenvalue weighted by molar-refractivity contribution is 6.43. The van der Waals surface area contributed by atoms with E-state index in [9.17, 15) is 14.7 Å². The summed E-state index contributed by atoms with van der Waals surface area (Å²) >= 11 is 12.5. The van der Waals surface area contributed by atoms with Gasteiger partial charge in [-0.1, -0.05) is 41.4 Å². The Bertz CT molecular complexity index is 1020. The molecule has 0 spiro atoms. The first-order valence-corrected chi connectivity index (χ1v) is 11.4. The van der Waals surface area contributed by atoms with Crippen molar-refractivity contribution in [2.75, 3.05) is 41.3 Å². The molecule has 6 nitrogen and oxygen atoms in total. The minimum Gasteiger partial charge on any atom is -0.481 e. The fraction of sp³-hybridized carbons (Fsp3) is 0.333. The molecule has 0 unspecified atom stereocenters. The number of carboxylic acid groups (broad SMARTS) is 1. The van der Waals surface area contributed by atoms with Gasteiger partial charge in [0.1, 0.15) is 0 Å². The molecule has 0 aromatic heterocycles. The fourth-order valence-corrected chi connectivity index (χ4v) is 4.72. The molecule has 0 bridgehead atoms. The van der Waals surface area contributed by atoms with Crippen LogP contribution in [0.5, 0.6) is 0 Å². The number of carbonyl (C=O) groups is 2. The first-order valence-electron chi connectivity index (χ1n) is 10.7. The number of carbonyl (C=O) groups excluding carboxylic acids is 1. The van der Waals surface area contributed by atoms with Crippen LogP contribution in [0.1, 0.15) is 12.8 Å². The van der Waals surface area contributed by atoms with Gasteiger partial charge in [-0.3, -0.25) is 9.59 Å². The van der Waals surface area contributed by atoms with Gasteiger partial charge in [-0.2, -0.15) is 0 Å². The van der Waals surface area contributed by atoms with Crippen molar-refractivity contribution in [3.63, 3.8) is 0 Å². The number of hydrogen-bond donors (Lipinski definition) is 2. The first-order chi connectivity index (χ1) is 15.4. The zero-order valence-corrected chi connectivity index (χ0v) is 19.0. The summed E-state index contributed by atoms with van der Waals surface area (Å²) in [7, 11) is 0. The summed E-state index contributed by atoms with van der Waals surface area (Å²) in [5, 5.41) is 13.4. The maximum atomic E-state index is 12.6. The smallest absolute Gasteiger partial charge is 0.307 e. The van der Waals surface area contributed by atoms with Gasteiger partial charge in [0.25, 0.3) is 0 Å². The van der Waals surface area contributed by atoms with E-state index in [1.807, 2.05) is 48.6 Å². The predicted molar refractivity (Wildman–Crippen MR) is 129 cm³/mol. The summed E-state index contributed by atoms with van der Waals surface area (Å²) < 4.78 is 0. The topological polar surface area (TPSA) is 72.9 Å². The van der Waals surface area contributed by atoms with E-state index < -0.39 is 17.8 Å². The molecule has 1 heterocycles. The number of piperazine rings is 1. The Hall–Kier alpha value is -2.70. The highest BCUT2D eigenvalue weighted by Gasteiger charge is 2.34. The normalized spacial score (nSPS) is 20.8. The molecule has 2 aliphatic rings. The van der Waals surface area contributed by atoms with E-state index in [0.29, 0.717) is 28.6 Å². The fourth-order valence-electron chi connectivity index (χ4n) is 4.31. The molecule has 8 heteroatoms. The maximum absolute atomic E-state index is 12.6. The Morgan fingerprint density at radius 1 is 0.875 bits per heavy atom. The molecule has 4 rings (SSSR count). The standard InChI is InChI=1S/C24H25Cl2N3O3/c25-20-6-3-7-21(22(20)26)29-14-12-28(13-15-29)17-10-8-16(9-11-17)27-23(30)18-4-1-2-5-19(18)24(31)32/h1-3,6-11,18-19H,4-5,12-15H2,(H,27,30)(H,31,32)/t18-,19+/m0/s1. The van der Waals surface area contributed by atoms with Crippen molar-refractivity contribution < 1.29 is 14.7 Å². The zero-order chi connectivity index (χ0) is 22.7. The van der Waals surface area contributed by atoms with Gasteiger partial charge in [-0.15, -0.1) is 0 Å². The van der Waals surface area contributed by atoms with Crippen molar-refractivity contribution in [2.45, 2.75) is 12.8 Å². The number of rotatable bonds is 5. The molecule has 1 fully saturated rings. The van der Waals surface area contributed by atoms with Gasteiger partial charge in [-0.05, 0) is 49.2 Å². The number of hydrogen-bond acceptors (Lipinski definition) is 4. The van der Waals surface area contributed by atoms with Gasteiger partial charge < -0.3 is 20.2 Å². The molecule has 2 aromatic rings. The molecular weight excluding hydrogens is 449 g/mol. The van der Waals surface area contributed by atoms with Crippen LogP contribution < -0.4 is 15.1 Å². The van der Waals surface area contributed by atoms with Gasteiger partial charge in [0.05, 0.1) is 27.6 Å². The van der Waals surface area contributed by atoms with E-state index in [1.165, 1.54) is 0 Å². The van der Waals surface area contributed by atoms with Gasteiger partial charge in [0.15, 0.2) is 0 Å². The molecular formula is C24H25Cl2N3O3. The van der Waals surface area contributed by atoms with Crippen molar-refractivity contribution in [3.8, 4) is 0 Å². The third-order valence-electron chi connectivity index (χ3n) is 6.14. The molecule has 0 saturated carbocycles. The predicted octanol–water partition coefficient (Wildman–Crippen LogP) is 4.93. The van der Waals surface area contributed by atoms with Gasteiger partial charge in [-0.25, -0.2) is 0 Å². The van der Waals surface area contributed by atoms with Crippen LogP contribution in [0.15, 0.2) is 54.6 Å². The molecule has 2 aromatic carbocycles. The summed E-state index contributed by atoms with van der Waals surface area (Å²) in [6.07, 6.45) is 4.54. The molecule has 0 radical (unpaired) electrons. The number of carboxylic acids is 1. The molecule has 1 saturated heterocycles. The van der Waals surface area contributed by atoms with E-state index in [2.05, 4.69) is 15.1 Å². The Morgan fingerprint density at radius 3 is 2.16 bits per heavy atom. The molecule has 1 amide bonds. The molecule has 1 aliphatic heterocycles. The van der Waals surface area contributed by atoms with E-state index in [4.69, 9.17) is 23.2 Å². The van der Waals surface area contributed by atoms with Crippen LogP contribution in [0.3, 0.4) is 0 Å². The van der Waals surface area contributed by atoms with Crippen LogP contribution in [-0.2, 0) is 9.59 Å². The van der Waals surface area contributed by atoms with Crippen molar-refractivity contribution in [1.82, 2.24) is 0 Å². The number of nitrogens with zero attached hydrogens (tertiary/aromatic N) is 2. The number of allylic oxidation sites excluding steroid dienone is 2. The molecule has 2 N–H and O–H groups in total. The van der Waals surface area contributed by atoms with E-state index in [0.717, 1.165) is 37.6 Å². The second kappa shape index (κ2) is 9.84. The second-order valence-electron chi connectivity index (χ2n) is 8.08. The summed E-state index contributed by atoms with van der Waals surface area (Å²) in [6.45, 7) is 3.32. The van der Waals surface area contributed by atoms with Gasteiger partial charge in [0, 0.05) is 37.6 Å². The minimum atomic E-state index is -0.928. The summed E-state index contributed by atoms with van der Waals surface area (Å²) in [5.41, 5.74) is 2.69. The number of benzene rings is 2. The average Bonchev–Trinajstić information content (AvgIpc) is 2.81. The Morgan fingerprint density at radius 2 is 1.50 bits per heavy atom. The van der Waals surface area contributed by atoms with Crippen LogP contribution in [-0.4, -0.2) is 43.2 Å². The molecule has 2 atom stereocenters. The van der Waals surface area contributed by atoms with Crippen LogP contribution in [0.25, 0.3) is 0 Å². The maximum Gasteiger partial charge on any atom is 0.307 e. The van der Waals surface area contributed by atoms with Gasteiger partial charge in [0.2, 0.25) is 5.91 Å². The number of anilines is 3. The number of amides is 1. The van der Waals surface area contributed by atoms with Crippen LogP contribution in [0.2, 0.25) is 10.0 Å². The third-order valence-corrected chi connectivity index (χ3v) is 6.95. The van der Waals surface area contributed by atoms with Crippen molar-refractivity contribution in [1.29, 1.82) is 0 Å². The lowest BCUT2D eigenvalue weighted by molar-refractivity contribution is -0.146. The Kier molecular flexibility index (Phi) is 6.92. The summed E-state index contributed by atoms with van der Waals surface area (Å²) in [5.74, 6) is -2.41. The first kappa shape index (κ1) is 22.5. The minimum absolute atomic E-state index is 0.249. The van der Waals surface area contributed by atoms with E-state index >= 15 is 0 Å². The van der Waals surface area contributed by atoms with Crippen LogP contribution in [0.4, 0.5) is 17.1 Å². The summed E-state index contributed by atoms with van der Waals surface area (Å²) in [4.78, 5) is 28.6. The lowest BCUT2D eigenvalue weighted by Gasteiger charge is -2.37. The van der Waals surface area contributed by atoms with Crippen LogP contribution in [0, 0.1) is 11.8 Å². The molecule has 32 heavy (non-hydrogen) atoms. The lowest BCUT2D eigenvalue weighted by Crippen LogP contribution is -2.46. The Balaban J connectivity index is 1.35.